The second-order valence-electron chi connectivity index (χ2n) is 8.83. The van der Waals surface area contributed by atoms with E-state index < -0.39 is 5.54 Å². The van der Waals surface area contributed by atoms with Crippen molar-refractivity contribution in [2.45, 2.75) is 38.4 Å². The molecule has 0 aliphatic carbocycles. The van der Waals surface area contributed by atoms with Crippen molar-refractivity contribution in [3.8, 4) is 5.69 Å². The van der Waals surface area contributed by atoms with E-state index in [0.29, 0.717) is 6.54 Å². The van der Waals surface area contributed by atoms with Crippen molar-refractivity contribution in [2.24, 2.45) is 5.92 Å². The summed E-state index contributed by atoms with van der Waals surface area (Å²) in [4.78, 5) is 29.5. The van der Waals surface area contributed by atoms with Gasteiger partial charge in [0.1, 0.15) is 5.54 Å². The van der Waals surface area contributed by atoms with Crippen LogP contribution >= 0.6 is 11.3 Å². The topological polar surface area (TPSA) is 70.5 Å². The molecule has 5 rings (SSSR count). The van der Waals surface area contributed by atoms with E-state index in [-0.39, 0.29) is 17.9 Å². The van der Waals surface area contributed by atoms with E-state index in [0.717, 1.165) is 43.7 Å². The summed E-state index contributed by atoms with van der Waals surface area (Å²) < 4.78 is 1.90. The summed E-state index contributed by atoms with van der Waals surface area (Å²) >= 11 is 1.57. The summed E-state index contributed by atoms with van der Waals surface area (Å²) in [6.45, 7) is 4.86. The van der Waals surface area contributed by atoms with Crippen LogP contribution < -0.4 is 5.32 Å². The van der Waals surface area contributed by atoms with Crippen molar-refractivity contribution in [3.63, 3.8) is 0 Å². The van der Waals surface area contributed by atoms with Gasteiger partial charge in [0.05, 0.1) is 18.4 Å². The number of rotatable bonds is 6. The highest BCUT2D eigenvalue weighted by molar-refractivity contribution is 7.07. The number of nitrogens with one attached hydrogen (secondary N) is 1. The van der Waals surface area contributed by atoms with Crippen LogP contribution in [-0.2, 0) is 17.9 Å². The van der Waals surface area contributed by atoms with Crippen molar-refractivity contribution in [1.29, 1.82) is 0 Å². The number of benzene rings is 1. The molecule has 7 nitrogen and oxygen atoms in total. The highest BCUT2D eigenvalue weighted by Crippen LogP contribution is 2.34. The van der Waals surface area contributed by atoms with Gasteiger partial charge in [-0.3, -0.25) is 14.6 Å². The monoisotopic (exact) mass is 449 g/mol. The zero-order chi connectivity index (χ0) is 22.1. The fraction of sp³-hybridized carbons (Fsp3) is 0.375. The lowest BCUT2D eigenvalue weighted by Gasteiger charge is -2.38. The van der Waals surface area contributed by atoms with E-state index in [2.05, 4.69) is 21.5 Å². The molecular formula is C24H27N5O2S. The maximum Gasteiger partial charge on any atom is 0.325 e. The number of carbonyl (C=O) groups excluding carboxylic acids is 2. The van der Waals surface area contributed by atoms with E-state index in [1.165, 1.54) is 10.5 Å². The number of likely N-dealkylation sites (tertiary alicyclic amines) is 1. The van der Waals surface area contributed by atoms with Gasteiger partial charge >= 0.3 is 6.03 Å². The summed E-state index contributed by atoms with van der Waals surface area (Å²) in [5.74, 6) is 0.0333. The van der Waals surface area contributed by atoms with E-state index in [9.17, 15) is 9.59 Å². The van der Waals surface area contributed by atoms with Crippen molar-refractivity contribution < 1.29 is 9.59 Å². The Morgan fingerprint density at radius 1 is 1.09 bits per heavy atom. The average Bonchev–Trinajstić information content (AvgIpc) is 3.54. The lowest BCUT2D eigenvalue weighted by atomic mass is 9.79. The first-order valence-electron chi connectivity index (χ1n) is 11.0. The maximum absolute atomic E-state index is 13.2. The van der Waals surface area contributed by atoms with Crippen LogP contribution in [0.15, 0.2) is 59.6 Å². The number of carbonyl (C=O) groups is 2. The van der Waals surface area contributed by atoms with E-state index in [4.69, 9.17) is 0 Å². The fourth-order valence-corrected chi connectivity index (χ4v) is 5.45. The van der Waals surface area contributed by atoms with Crippen molar-refractivity contribution in [3.05, 3.63) is 70.7 Å². The van der Waals surface area contributed by atoms with Crippen LogP contribution in [-0.4, -0.2) is 50.1 Å². The number of hydrogen-bond acceptors (Lipinski definition) is 5. The molecule has 0 bridgehead atoms. The van der Waals surface area contributed by atoms with E-state index in [1.54, 1.807) is 11.3 Å². The lowest BCUT2D eigenvalue weighted by molar-refractivity contribution is -0.133. The molecule has 2 aliphatic rings. The molecule has 8 heteroatoms. The quantitative estimate of drug-likeness (QED) is 0.583. The number of nitrogens with zero attached hydrogens (tertiary/aromatic N) is 4. The minimum atomic E-state index is -0.822. The Hall–Kier alpha value is -2.97. The summed E-state index contributed by atoms with van der Waals surface area (Å²) in [5, 5.41) is 11.4. The maximum atomic E-state index is 13.2. The van der Waals surface area contributed by atoms with Gasteiger partial charge in [0.15, 0.2) is 0 Å². The minimum Gasteiger partial charge on any atom is -0.323 e. The van der Waals surface area contributed by atoms with Gasteiger partial charge in [-0.15, -0.1) is 0 Å². The minimum absolute atomic E-state index is 0.101. The Labute approximate surface area is 191 Å². The predicted octanol–water partition coefficient (Wildman–Crippen LogP) is 3.66. The molecule has 2 fully saturated rings. The Balaban J connectivity index is 1.19. The van der Waals surface area contributed by atoms with E-state index >= 15 is 0 Å². The van der Waals surface area contributed by atoms with Gasteiger partial charge in [0.2, 0.25) is 0 Å². The zero-order valence-electron chi connectivity index (χ0n) is 18.1. The average molecular weight is 450 g/mol. The van der Waals surface area contributed by atoms with Gasteiger partial charge in [0.25, 0.3) is 5.91 Å². The van der Waals surface area contributed by atoms with Gasteiger partial charge in [-0.05, 0) is 73.3 Å². The second kappa shape index (κ2) is 8.52. The van der Waals surface area contributed by atoms with Crippen molar-refractivity contribution >= 4 is 23.3 Å². The molecule has 4 heterocycles. The molecule has 2 aliphatic heterocycles. The number of imide groups is 1. The van der Waals surface area contributed by atoms with Crippen LogP contribution in [0.4, 0.5) is 4.79 Å². The largest absolute Gasteiger partial charge is 0.325 e. The predicted molar refractivity (Wildman–Crippen MR) is 123 cm³/mol. The van der Waals surface area contributed by atoms with Gasteiger partial charge in [-0.25, -0.2) is 9.48 Å². The Morgan fingerprint density at radius 3 is 2.59 bits per heavy atom. The lowest BCUT2D eigenvalue weighted by Crippen LogP contribution is -2.53. The molecule has 166 valence electrons. The molecule has 1 N–H and O–H groups in total. The van der Waals surface area contributed by atoms with Crippen molar-refractivity contribution in [2.75, 3.05) is 13.1 Å². The highest BCUT2D eigenvalue weighted by atomic mass is 32.1. The van der Waals surface area contributed by atoms with Crippen LogP contribution in [0.3, 0.4) is 0 Å². The molecule has 0 spiro atoms. The fourth-order valence-electron chi connectivity index (χ4n) is 4.79. The third-order valence-electron chi connectivity index (χ3n) is 6.69. The van der Waals surface area contributed by atoms with Gasteiger partial charge in [0, 0.05) is 18.3 Å². The Morgan fingerprint density at radius 2 is 1.88 bits per heavy atom. The Kier molecular flexibility index (Phi) is 5.57. The number of urea groups is 1. The van der Waals surface area contributed by atoms with E-state index in [1.807, 2.05) is 65.0 Å². The van der Waals surface area contributed by atoms with Crippen LogP contribution in [0, 0.1) is 5.92 Å². The highest BCUT2D eigenvalue weighted by Gasteiger charge is 2.52. The molecular weight excluding hydrogens is 422 g/mol. The first-order valence-corrected chi connectivity index (χ1v) is 11.9. The molecule has 1 unspecified atom stereocenters. The molecule has 32 heavy (non-hydrogen) atoms. The number of aromatic nitrogens is 2. The smallest absolute Gasteiger partial charge is 0.323 e. The number of thiophene rings is 1. The summed E-state index contributed by atoms with van der Waals surface area (Å²) in [6, 6.07) is 11.8. The second-order valence-corrected chi connectivity index (χ2v) is 9.61. The molecule has 1 aromatic carbocycles. The zero-order valence-corrected chi connectivity index (χ0v) is 18.9. The molecule has 1 atom stereocenters. The van der Waals surface area contributed by atoms with Crippen LogP contribution in [0.1, 0.15) is 30.9 Å². The van der Waals surface area contributed by atoms with Crippen LogP contribution in [0.5, 0.6) is 0 Å². The number of piperidine rings is 1. The van der Waals surface area contributed by atoms with Crippen molar-refractivity contribution in [1.82, 2.24) is 24.9 Å². The SMILES string of the molecule is CC1(C2CCN(Cc3cnn(-c4ccccc4)c3)CC2)NC(=O)N(Cc2ccsc2)C1=O. The third kappa shape index (κ3) is 3.96. The summed E-state index contributed by atoms with van der Waals surface area (Å²) in [5.41, 5.74) is 2.39. The number of amides is 3. The summed E-state index contributed by atoms with van der Waals surface area (Å²) in [7, 11) is 0. The molecule has 3 amide bonds. The normalized spacial score (nSPS) is 22.5. The van der Waals surface area contributed by atoms with Crippen LogP contribution in [0.25, 0.3) is 5.69 Å². The molecule has 2 saturated heterocycles. The first kappa shape index (κ1) is 20.9. The first-order chi connectivity index (χ1) is 15.5. The van der Waals surface area contributed by atoms with Gasteiger partial charge in [-0.2, -0.15) is 16.4 Å². The standard InChI is InChI=1S/C24H27N5O2S/c1-24(22(30)28(23(31)26-24)15-18-9-12-32-17-18)20-7-10-27(11-8-20)14-19-13-25-29(16-19)21-5-3-2-4-6-21/h2-6,9,12-13,16-17,20H,7-8,10-11,14-15H2,1H3,(H,26,31). The molecule has 0 saturated carbocycles. The molecule has 2 aromatic heterocycles. The van der Waals surface area contributed by atoms with Gasteiger partial charge in [-0.1, -0.05) is 18.2 Å². The molecule has 3 aromatic rings. The Bertz CT molecular complexity index is 1090. The van der Waals surface area contributed by atoms with Gasteiger partial charge < -0.3 is 5.32 Å². The van der Waals surface area contributed by atoms with Crippen LogP contribution in [0.2, 0.25) is 0 Å². The number of hydrogen-bond donors (Lipinski definition) is 1. The number of para-hydroxylation sites is 1. The third-order valence-corrected chi connectivity index (χ3v) is 7.42. The summed E-state index contributed by atoms with van der Waals surface area (Å²) in [6.07, 6.45) is 5.75. The molecule has 0 radical (unpaired) electrons.